The summed E-state index contributed by atoms with van der Waals surface area (Å²) < 4.78 is 22.6. The van der Waals surface area contributed by atoms with E-state index in [-0.39, 0.29) is 22.8 Å². The van der Waals surface area contributed by atoms with Gasteiger partial charge in [0.1, 0.15) is 11.5 Å². The quantitative estimate of drug-likeness (QED) is 0.414. The number of primary amides is 1. The predicted molar refractivity (Wildman–Crippen MR) is 117 cm³/mol. The van der Waals surface area contributed by atoms with Crippen molar-refractivity contribution < 1.29 is 28.1 Å². The molecule has 1 atom stereocenters. The first-order chi connectivity index (χ1) is 14.6. The minimum Gasteiger partial charge on any atom is -0.395 e. The number of phosphoric ester groups is 1. The van der Waals surface area contributed by atoms with Crippen molar-refractivity contribution in [1.82, 2.24) is 0 Å². The van der Waals surface area contributed by atoms with E-state index in [0.717, 1.165) is 16.7 Å². The summed E-state index contributed by atoms with van der Waals surface area (Å²) in [6.07, 6.45) is 0. The number of rotatable bonds is 7. The first kappa shape index (κ1) is 22.3. The van der Waals surface area contributed by atoms with Crippen LogP contribution in [0.3, 0.4) is 0 Å². The molecule has 8 heteroatoms. The van der Waals surface area contributed by atoms with E-state index in [9.17, 15) is 19.0 Å². The van der Waals surface area contributed by atoms with Crippen LogP contribution in [0.4, 0.5) is 0 Å². The second-order valence-electron chi connectivity index (χ2n) is 7.17. The van der Waals surface area contributed by atoms with Gasteiger partial charge in [0.05, 0.1) is 0 Å². The van der Waals surface area contributed by atoms with E-state index < -0.39 is 13.7 Å². The van der Waals surface area contributed by atoms with Gasteiger partial charge in [-0.05, 0) is 68.3 Å². The monoisotopic (exact) mass is 439 g/mol. The van der Waals surface area contributed by atoms with E-state index in [1.54, 1.807) is 12.1 Å². The molecule has 0 bridgehead atoms. The van der Waals surface area contributed by atoms with Gasteiger partial charge < -0.3 is 14.8 Å². The number of carbonyl (C=O) groups excluding carboxylic acids is 2. The molecule has 0 saturated heterocycles. The SMILES string of the molecule is Cc1cc(C)c(C(=O)c2cccc(OP(=O)(O)Oc3ccc(C(N)=O)cc3)c2)c(C)c1. The zero-order valence-corrected chi connectivity index (χ0v) is 18.2. The molecule has 0 saturated carbocycles. The van der Waals surface area contributed by atoms with Gasteiger partial charge in [-0.15, -0.1) is 0 Å². The largest absolute Gasteiger partial charge is 0.584 e. The van der Waals surface area contributed by atoms with Crippen LogP contribution in [0.25, 0.3) is 0 Å². The van der Waals surface area contributed by atoms with Crippen LogP contribution < -0.4 is 14.8 Å². The van der Waals surface area contributed by atoms with Crippen LogP contribution >= 0.6 is 7.82 Å². The summed E-state index contributed by atoms with van der Waals surface area (Å²) in [5, 5.41) is 0. The molecule has 1 unspecified atom stereocenters. The van der Waals surface area contributed by atoms with E-state index in [0.29, 0.717) is 11.1 Å². The van der Waals surface area contributed by atoms with Gasteiger partial charge in [0.25, 0.3) is 0 Å². The molecular weight excluding hydrogens is 417 g/mol. The first-order valence-electron chi connectivity index (χ1n) is 9.40. The highest BCUT2D eigenvalue weighted by Crippen LogP contribution is 2.44. The van der Waals surface area contributed by atoms with Crippen LogP contribution in [0.1, 0.15) is 43.0 Å². The Kier molecular flexibility index (Phi) is 6.29. The minimum absolute atomic E-state index is 0.00728. The summed E-state index contributed by atoms with van der Waals surface area (Å²) in [5.74, 6) is -0.812. The molecule has 3 aromatic carbocycles. The van der Waals surface area contributed by atoms with Crippen LogP contribution in [-0.2, 0) is 4.57 Å². The number of aryl methyl sites for hydroxylation is 3. The molecule has 7 nitrogen and oxygen atoms in total. The van der Waals surface area contributed by atoms with Gasteiger partial charge in [-0.25, -0.2) is 4.57 Å². The van der Waals surface area contributed by atoms with Crippen molar-refractivity contribution in [2.24, 2.45) is 5.73 Å². The lowest BCUT2D eigenvalue weighted by Crippen LogP contribution is -2.10. The molecule has 0 radical (unpaired) electrons. The van der Waals surface area contributed by atoms with Gasteiger partial charge in [-0.2, -0.15) is 0 Å². The third kappa shape index (κ3) is 5.40. The highest BCUT2D eigenvalue weighted by Gasteiger charge is 2.26. The van der Waals surface area contributed by atoms with Crippen molar-refractivity contribution in [3.63, 3.8) is 0 Å². The van der Waals surface area contributed by atoms with Gasteiger partial charge >= 0.3 is 7.82 Å². The van der Waals surface area contributed by atoms with E-state index in [1.165, 1.54) is 36.4 Å². The van der Waals surface area contributed by atoms with Gasteiger partial charge in [-0.3, -0.25) is 14.5 Å². The van der Waals surface area contributed by atoms with Crippen LogP contribution in [0, 0.1) is 20.8 Å². The summed E-state index contributed by atoms with van der Waals surface area (Å²) in [6.45, 7) is 5.70. The van der Waals surface area contributed by atoms with E-state index in [4.69, 9.17) is 14.8 Å². The fourth-order valence-corrected chi connectivity index (χ4v) is 4.15. The van der Waals surface area contributed by atoms with E-state index in [2.05, 4.69) is 0 Å². The Hall–Kier alpha value is -3.41. The highest BCUT2D eigenvalue weighted by molar-refractivity contribution is 7.48. The molecule has 0 aliphatic heterocycles. The lowest BCUT2D eigenvalue weighted by Gasteiger charge is -2.15. The summed E-state index contributed by atoms with van der Waals surface area (Å²) in [4.78, 5) is 34.3. The maximum Gasteiger partial charge on any atom is 0.584 e. The number of carbonyl (C=O) groups is 2. The third-order valence-corrected chi connectivity index (χ3v) is 5.46. The molecule has 3 N–H and O–H groups in total. The van der Waals surface area contributed by atoms with Gasteiger partial charge in [0, 0.05) is 16.7 Å². The average Bonchev–Trinajstić information content (AvgIpc) is 2.67. The van der Waals surface area contributed by atoms with Crippen LogP contribution in [0.5, 0.6) is 11.5 Å². The molecule has 1 amide bonds. The molecule has 3 aromatic rings. The Balaban J connectivity index is 1.80. The number of nitrogens with two attached hydrogens (primary N) is 1. The maximum atomic E-state index is 13.0. The third-order valence-electron chi connectivity index (χ3n) is 4.58. The van der Waals surface area contributed by atoms with Gasteiger partial charge in [0.2, 0.25) is 5.91 Å². The Morgan fingerprint density at radius 1 is 0.839 bits per heavy atom. The van der Waals surface area contributed by atoms with Crippen LogP contribution in [-0.4, -0.2) is 16.6 Å². The number of ketones is 1. The van der Waals surface area contributed by atoms with Gasteiger partial charge in [-0.1, -0.05) is 29.8 Å². The van der Waals surface area contributed by atoms with E-state index in [1.807, 2.05) is 32.9 Å². The molecular formula is C23H22NO6P. The zero-order valence-electron chi connectivity index (χ0n) is 17.3. The number of hydrogen-bond acceptors (Lipinski definition) is 5. The Morgan fingerprint density at radius 3 is 2.00 bits per heavy atom. The molecule has 3 rings (SSSR count). The zero-order chi connectivity index (χ0) is 22.8. The van der Waals surface area contributed by atoms with Crippen LogP contribution in [0.2, 0.25) is 0 Å². The second kappa shape index (κ2) is 8.76. The fraction of sp³-hybridized carbons (Fsp3) is 0.130. The summed E-state index contributed by atoms with van der Waals surface area (Å²) in [6, 6.07) is 15.3. The van der Waals surface area contributed by atoms with E-state index >= 15 is 0 Å². The second-order valence-corrected chi connectivity index (χ2v) is 8.47. The molecule has 160 valence electrons. The minimum atomic E-state index is -4.55. The van der Waals surface area contributed by atoms with Crippen molar-refractivity contribution in [3.8, 4) is 11.5 Å². The van der Waals surface area contributed by atoms with Crippen molar-refractivity contribution in [3.05, 3.63) is 94.0 Å². The number of amides is 1. The molecule has 31 heavy (non-hydrogen) atoms. The fourth-order valence-electron chi connectivity index (χ4n) is 3.34. The standard InChI is InChI=1S/C23H22NO6P/c1-14-11-15(2)21(16(3)12-14)22(25)18-5-4-6-20(13-18)30-31(27,28)29-19-9-7-17(8-10-19)23(24)26/h4-13H,1-3H3,(H2,24,26)(H,27,28). The summed E-state index contributed by atoms with van der Waals surface area (Å²) >= 11 is 0. The molecule has 0 aliphatic rings. The maximum absolute atomic E-state index is 13.0. The van der Waals surface area contributed by atoms with Gasteiger partial charge in [0.15, 0.2) is 5.78 Å². The average molecular weight is 439 g/mol. The summed E-state index contributed by atoms with van der Waals surface area (Å²) in [5.41, 5.74) is 9.06. The first-order valence-corrected chi connectivity index (χ1v) is 10.9. The molecule has 0 heterocycles. The Morgan fingerprint density at radius 2 is 1.42 bits per heavy atom. The van der Waals surface area contributed by atoms with Crippen molar-refractivity contribution in [2.75, 3.05) is 0 Å². The molecule has 0 fully saturated rings. The lowest BCUT2D eigenvalue weighted by molar-refractivity contribution is 0.0998. The van der Waals surface area contributed by atoms with Crippen molar-refractivity contribution in [1.29, 1.82) is 0 Å². The molecule has 0 spiro atoms. The van der Waals surface area contributed by atoms with Crippen molar-refractivity contribution in [2.45, 2.75) is 20.8 Å². The van der Waals surface area contributed by atoms with Crippen molar-refractivity contribution >= 4 is 19.5 Å². The lowest BCUT2D eigenvalue weighted by atomic mass is 9.93. The smallest absolute Gasteiger partial charge is 0.395 e. The number of hydrogen-bond donors (Lipinski definition) is 2. The number of phosphoric acid groups is 1. The topological polar surface area (TPSA) is 116 Å². The normalized spacial score (nSPS) is 12.6. The Labute approximate surface area is 180 Å². The predicted octanol–water partition coefficient (Wildman–Crippen LogP) is 4.50. The molecule has 0 aromatic heterocycles. The van der Waals surface area contributed by atoms with Crippen LogP contribution in [0.15, 0.2) is 60.7 Å². The molecule has 0 aliphatic carbocycles. The number of benzene rings is 3. The Bertz CT molecular complexity index is 1180. The highest BCUT2D eigenvalue weighted by atomic mass is 31.2. The summed E-state index contributed by atoms with van der Waals surface area (Å²) in [7, 11) is -4.55.